The fourth-order valence-corrected chi connectivity index (χ4v) is 2.16. The van der Waals surface area contributed by atoms with E-state index in [-0.39, 0.29) is 6.61 Å². The number of aryl methyl sites for hydroxylation is 1. The van der Waals surface area contributed by atoms with Gasteiger partial charge in [0.2, 0.25) is 0 Å². The molecule has 0 aliphatic heterocycles. The smallest absolute Gasteiger partial charge is 0.120 e. The van der Waals surface area contributed by atoms with E-state index in [2.05, 4.69) is 18.8 Å². The van der Waals surface area contributed by atoms with E-state index >= 15 is 0 Å². The van der Waals surface area contributed by atoms with Crippen LogP contribution in [-0.4, -0.2) is 11.7 Å². The molecule has 0 aromatic heterocycles. The molecule has 3 heteroatoms. The minimum Gasteiger partial charge on any atom is -0.489 e. The summed E-state index contributed by atoms with van der Waals surface area (Å²) in [6.45, 7) is 2.44. The Morgan fingerprint density at radius 2 is 1.90 bits per heavy atom. The van der Waals surface area contributed by atoms with Crippen molar-refractivity contribution >= 4 is 11.6 Å². The van der Waals surface area contributed by atoms with Crippen molar-refractivity contribution in [3.8, 4) is 17.6 Å². The lowest BCUT2D eigenvalue weighted by atomic mass is 10.1. The second-order valence-electron chi connectivity index (χ2n) is 4.55. The van der Waals surface area contributed by atoms with Crippen molar-refractivity contribution in [3.63, 3.8) is 0 Å². The summed E-state index contributed by atoms with van der Waals surface area (Å²) in [6.07, 6.45) is 0.883. The lowest BCUT2D eigenvalue weighted by Crippen LogP contribution is -1.96. The molecule has 0 fully saturated rings. The first-order valence-corrected chi connectivity index (χ1v) is 7.20. The molecule has 0 radical (unpaired) electrons. The summed E-state index contributed by atoms with van der Waals surface area (Å²) in [4.78, 5) is 0. The van der Waals surface area contributed by atoms with E-state index in [9.17, 15) is 0 Å². The molecule has 21 heavy (non-hydrogen) atoms. The number of aliphatic hydroxyl groups is 1. The lowest BCUT2D eigenvalue weighted by Gasteiger charge is -2.09. The number of hydrogen-bond donors (Lipinski definition) is 1. The van der Waals surface area contributed by atoms with Crippen LogP contribution in [0.5, 0.6) is 5.75 Å². The number of benzene rings is 2. The van der Waals surface area contributed by atoms with Crippen LogP contribution in [0, 0.1) is 11.8 Å². The van der Waals surface area contributed by atoms with E-state index in [4.69, 9.17) is 21.4 Å². The number of ether oxygens (including phenoxy) is 1. The molecule has 1 N–H and O–H groups in total. The van der Waals surface area contributed by atoms with Gasteiger partial charge in [-0.15, -0.1) is 0 Å². The standard InChI is InChI=1S/C18H17ClO2/c1-2-16-12-17(9-10-18(16)19)21-13-15-7-5-14(6-8-15)4-3-11-20/h5-10,12,20H,2,11,13H2,1H3. The molecule has 2 rings (SSSR count). The SMILES string of the molecule is CCc1cc(OCc2ccc(C#CCO)cc2)ccc1Cl. The first-order chi connectivity index (χ1) is 10.2. The lowest BCUT2D eigenvalue weighted by molar-refractivity contribution is 0.306. The Bertz CT molecular complexity index is 651. The molecule has 2 aromatic rings. The van der Waals surface area contributed by atoms with Crippen LogP contribution in [0.3, 0.4) is 0 Å². The second kappa shape index (κ2) is 7.73. The van der Waals surface area contributed by atoms with E-state index in [1.807, 2.05) is 42.5 Å². The number of aliphatic hydroxyl groups excluding tert-OH is 1. The van der Waals surface area contributed by atoms with Gasteiger partial charge in [-0.05, 0) is 47.9 Å². The normalized spacial score (nSPS) is 9.86. The topological polar surface area (TPSA) is 29.5 Å². The van der Waals surface area contributed by atoms with Gasteiger partial charge in [0, 0.05) is 10.6 Å². The van der Waals surface area contributed by atoms with E-state index in [0.29, 0.717) is 6.61 Å². The number of halogens is 1. The van der Waals surface area contributed by atoms with Crippen LogP contribution in [0.1, 0.15) is 23.6 Å². The number of rotatable bonds is 4. The van der Waals surface area contributed by atoms with Crippen molar-refractivity contribution in [1.82, 2.24) is 0 Å². The molecular formula is C18H17ClO2. The molecule has 0 aliphatic rings. The van der Waals surface area contributed by atoms with Crippen LogP contribution in [0.2, 0.25) is 5.02 Å². The van der Waals surface area contributed by atoms with Crippen molar-refractivity contribution < 1.29 is 9.84 Å². The molecule has 0 spiro atoms. The predicted molar refractivity (Wildman–Crippen MR) is 85.6 cm³/mol. The molecule has 0 heterocycles. The van der Waals surface area contributed by atoms with Gasteiger partial charge in [-0.25, -0.2) is 0 Å². The van der Waals surface area contributed by atoms with E-state index in [1.54, 1.807) is 0 Å². The summed E-state index contributed by atoms with van der Waals surface area (Å²) in [5, 5.41) is 9.43. The molecule has 0 atom stereocenters. The third kappa shape index (κ3) is 4.53. The average Bonchev–Trinajstić information content (AvgIpc) is 2.53. The minimum absolute atomic E-state index is 0.124. The average molecular weight is 301 g/mol. The van der Waals surface area contributed by atoms with Crippen molar-refractivity contribution in [2.75, 3.05) is 6.61 Å². The summed E-state index contributed by atoms with van der Waals surface area (Å²) < 4.78 is 5.78. The van der Waals surface area contributed by atoms with Crippen LogP contribution in [0.4, 0.5) is 0 Å². The van der Waals surface area contributed by atoms with Gasteiger partial charge in [0.15, 0.2) is 0 Å². The van der Waals surface area contributed by atoms with Crippen LogP contribution in [0.15, 0.2) is 42.5 Å². The van der Waals surface area contributed by atoms with Gasteiger partial charge >= 0.3 is 0 Å². The van der Waals surface area contributed by atoms with Crippen LogP contribution < -0.4 is 4.74 Å². The highest BCUT2D eigenvalue weighted by Gasteiger charge is 2.01. The van der Waals surface area contributed by atoms with Gasteiger partial charge in [-0.1, -0.05) is 42.5 Å². The molecule has 0 amide bonds. The molecule has 0 saturated heterocycles. The molecule has 0 bridgehead atoms. The van der Waals surface area contributed by atoms with E-state index in [0.717, 1.165) is 33.9 Å². The Labute approximate surface area is 130 Å². The second-order valence-corrected chi connectivity index (χ2v) is 4.96. The Hall–Kier alpha value is -1.95. The predicted octanol–water partition coefficient (Wildman–Crippen LogP) is 3.83. The Balaban J connectivity index is 1.99. The summed E-state index contributed by atoms with van der Waals surface area (Å²) >= 11 is 6.09. The maximum Gasteiger partial charge on any atom is 0.120 e. The minimum atomic E-state index is -0.124. The Morgan fingerprint density at radius 3 is 2.57 bits per heavy atom. The summed E-state index contributed by atoms with van der Waals surface area (Å²) in [7, 11) is 0. The van der Waals surface area contributed by atoms with Crippen LogP contribution in [0.25, 0.3) is 0 Å². The maximum atomic E-state index is 8.65. The molecule has 2 aromatic carbocycles. The fraction of sp³-hybridized carbons (Fsp3) is 0.222. The third-order valence-electron chi connectivity index (χ3n) is 3.07. The first-order valence-electron chi connectivity index (χ1n) is 6.83. The van der Waals surface area contributed by atoms with Crippen LogP contribution >= 0.6 is 11.6 Å². The van der Waals surface area contributed by atoms with Crippen LogP contribution in [-0.2, 0) is 13.0 Å². The van der Waals surface area contributed by atoms with Gasteiger partial charge in [0.25, 0.3) is 0 Å². The van der Waals surface area contributed by atoms with E-state index < -0.39 is 0 Å². The van der Waals surface area contributed by atoms with Gasteiger partial charge < -0.3 is 9.84 Å². The van der Waals surface area contributed by atoms with Gasteiger partial charge in [0.05, 0.1) is 0 Å². The fourth-order valence-electron chi connectivity index (χ4n) is 1.90. The zero-order chi connectivity index (χ0) is 15.1. The Morgan fingerprint density at radius 1 is 1.14 bits per heavy atom. The molecular weight excluding hydrogens is 284 g/mol. The molecule has 108 valence electrons. The van der Waals surface area contributed by atoms with Crippen molar-refractivity contribution in [1.29, 1.82) is 0 Å². The summed E-state index contributed by atoms with van der Waals surface area (Å²) in [5.74, 6) is 6.30. The quantitative estimate of drug-likeness (QED) is 0.870. The largest absolute Gasteiger partial charge is 0.489 e. The highest BCUT2D eigenvalue weighted by Crippen LogP contribution is 2.23. The van der Waals surface area contributed by atoms with Crippen molar-refractivity contribution in [2.45, 2.75) is 20.0 Å². The van der Waals surface area contributed by atoms with E-state index in [1.165, 1.54) is 0 Å². The highest BCUT2D eigenvalue weighted by atomic mass is 35.5. The molecule has 0 unspecified atom stereocenters. The first kappa shape index (κ1) is 15.4. The van der Waals surface area contributed by atoms with Gasteiger partial charge in [-0.3, -0.25) is 0 Å². The molecule has 2 nitrogen and oxygen atoms in total. The summed E-state index contributed by atoms with van der Waals surface area (Å²) in [5.41, 5.74) is 3.04. The summed E-state index contributed by atoms with van der Waals surface area (Å²) in [6, 6.07) is 13.5. The number of hydrogen-bond acceptors (Lipinski definition) is 2. The van der Waals surface area contributed by atoms with Crippen molar-refractivity contribution in [3.05, 3.63) is 64.2 Å². The third-order valence-corrected chi connectivity index (χ3v) is 3.44. The van der Waals surface area contributed by atoms with Gasteiger partial charge in [0.1, 0.15) is 19.0 Å². The zero-order valence-electron chi connectivity index (χ0n) is 11.9. The zero-order valence-corrected chi connectivity index (χ0v) is 12.7. The Kier molecular flexibility index (Phi) is 5.68. The molecule has 0 saturated carbocycles. The monoisotopic (exact) mass is 300 g/mol. The van der Waals surface area contributed by atoms with Gasteiger partial charge in [-0.2, -0.15) is 0 Å². The van der Waals surface area contributed by atoms with Crippen molar-refractivity contribution in [2.24, 2.45) is 0 Å². The molecule has 0 aliphatic carbocycles. The maximum absolute atomic E-state index is 8.65. The highest BCUT2D eigenvalue weighted by molar-refractivity contribution is 6.31.